The monoisotopic (exact) mass is 272 g/mol. The van der Waals surface area contributed by atoms with Gasteiger partial charge in [0.1, 0.15) is 0 Å². The summed E-state index contributed by atoms with van der Waals surface area (Å²) in [6.07, 6.45) is 5.11. The Hall–Kier alpha value is 0.650. The van der Waals surface area contributed by atoms with Crippen molar-refractivity contribution in [3.05, 3.63) is 0 Å². The van der Waals surface area contributed by atoms with Crippen LogP contribution in [0.15, 0.2) is 0 Å². The molecule has 0 unspecified atom stereocenters. The van der Waals surface area contributed by atoms with Gasteiger partial charge in [0.2, 0.25) is 0 Å². The average molecular weight is 272 g/mol. The van der Waals surface area contributed by atoms with E-state index in [1.165, 1.54) is 25.7 Å². The Morgan fingerprint density at radius 3 is 0.909 bits per heavy atom. The van der Waals surface area contributed by atoms with Crippen LogP contribution in [0, 0.1) is 0 Å². The highest BCUT2D eigenvalue weighted by Crippen LogP contribution is 1.98. The smallest absolute Gasteiger partial charge is 0.0466 e. The summed E-state index contributed by atoms with van der Waals surface area (Å²) in [4.78, 5) is 0. The lowest BCUT2D eigenvalue weighted by Crippen LogP contribution is -1.74. The third kappa shape index (κ3) is 7.03. The molecule has 2 aliphatic heterocycles. The fraction of sp³-hybridized carbons (Fsp3) is 1.00. The van der Waals surface area contributed by atoms with E-state index in [1.54, 1.807) is 0 Å². The average Bonchev–Trinajstić information content (AvgIpc) is 2.67. The Kier molecular flexibility index (Phi) is 9.26. The van der Waals surface area contributed by atoms with Gasteiger partial charge in [-0.25, -0.2) is 0 Å². The molecule has 2 saturated heterocycles. The first-order valence-corrected chi connectivity index (χ1v) is 4.15. The van der Waals surface area contributed by atoms with Gasteiger partial charge in [0.25, 0.3) is 0 Å². The number of rotatable bonds is 0. The molecule has 0 N–H and O–H groups in total. The second kappa shape index (κ2) is 8.74. The molecule has 0 aromatic rings. The van der Waals surface area contributed by atoms with Crippen molar-refractivity contribution < 1.29 is 9.47 Å². The van der Waals surface area contributed by atoms with Crippen molar-refractivity contribution in [3.63, 3.8) is 0 Å². The number of halogens is 1. The van der Waals surface area contributed by atoms with Gasteiger partial charge in [0.15, 0.2) is 0 Å². The van der Waals surface area contributed by atoms with E-state index in [4.69, 9.17) is 9.47 Å². The van der Waals surface area contributed by atoms with Gasteiger partial charge in [-0.2, -0.15) is 0 Å². The van der Waals surface area contributed by atoms with Crippen LogP contribution in [0.5, 0.6) is 0 Å². The molecular weight excluding hydrogens is 255 g/mol. The summed E-state index contributed by atoms with van der Waals surface area (Å²) in [6.45, 7) is 4.00. The van der Waals surface area contributed by atoms with Gasteiger partial charge in [0, 0.05) is 26.4 Å². The largest absolute Gasteiger partial charge is 0.381 e. The summed E-state index contributed by atoms with van der Waals surface area (Å²) in [5, 5.41) is 0. The van der Waals surface area contributed by atoms with Crippen molar-refractivity contribution in [2.75, 3.05) is 26.4 Å². The fourth-order valence-electron chi connectivity index (χ4n) is 1.02. The van der Waals surface area contributed by atoms with Gasteiger partial charge < -0.3 is 9.47 Å². The Labute approximate surface area is 85.7 Å². The Balaban J connectivity index is 0.000000167. The van der Waals surface area contributed by atoms with E-state index >= 15 is 0 Å². The zero-order chi connectivity index (χ0) is 7.07. The van der Waals surface area contributed by atoms with Crippen LogP contribution in [0.4, 0.5) is 0 Å². The first kappa shape index (κ1) is 11.6. The molecule has 0 atom stereocenters. The summed E-state index contributed by atoms with van der Waals surface area (Å²) in [6, 6.07) is 0. The van der Waals surface area contributed by atoms with Crippen LogP contribution in [0.3, 0.4) is 0 Å². The van der Waals surface area contributed by atoms with Crippen LogP contribution in [0.2, 0.25) is 0 Å². The molecule has 11 heavy (non-hydrogen) atoms. The van der Waals surface area contributed by atoms with Crippen LogP contribution < -0.4 is 0 Å². The lowest BCUT2D eigenvalue weighted by atomic mass is 10.4. The van der Waals surface area contributed by atoms with Gasteiger partial charge >= 0.3 is 0 Å². The molecule has 0 saturated carbocycles. The standard InChI is InChI=1S/2C4H8O.HI/c2*1-2-4-5-3-1;/h2*1-4H2;1H. The molecular formula is C8H17IO2. The van der Waals surface area contributed by atoms with Gasteiger partial charge in [-0.15, -0.1) is 24.0 Å². The van der Waals surface area contributed by atoms with Crippen molar-refractivity contribution in [3.8, 4) is 0 Å². The quantitative estimate of drug-likeness (QED) is 0.629. The summed E-state index contributed by atoms with van der Waals surface area (Å²) < 4.78 is 9.89. The van der Waals surface area contributed by atoms with Gasteiger partial charge in [-0.3, -0.25) is 0 Å². The van der Waals surface area contributed by atoms with Gasteiger partial charge in [-0.1, -0.05) is 0 Å². The number of ether oxygens (including phenoxy) is 2. The van der Waals surface area contributed by atoms with Gasteiger partial charge in [0.05, 0.1) is 0 Å². The van der Waals surface area contributed by atoms with Crippen LogP contribution in [-0.4, -0.2) is 26.4 Å². The summed E-state index contributed by atoms with van der Waals surface area (Å²) in [5.41, 5.74) is 0. The van der Waals surface area contributed by atoms with Crippen LogP contribution in [0.25, 0.3) is 0 Å². The Bertz CT molecular complexity index is 45.3. The molecule has 3 heteroatoms. The second-order valence-electron chi connectivity index (χ2n) is 2.64. The molecule has 0 bridgehead atoms. The lowest BCUT2D eigenvalue weighted by molar-refractivity contribution is 0.198. The lowest BCUT2D eigenvalue weighted by Gasteiger charge is -1.76. The van der Waals surface area contributed by atoms with Crippen molar-refractivity contribution in [2.45, 2.75) is 25.7 Å². The summed E-state index contributed by atoms with van der Waals surface area (Å²) >= 11 is 0. The maximum absolute atomic E-state index is 4.94. The van der Waals surface area contributed by atoms with Crippen molar-refractivity contribution in [1.29, 1.82) is 0 Å². The molecule has 2 nitrogen and oxygen atoms in total. The van der Waals surface area contributed by atoms with Crippen molar-refractivity contribution in [1.82, 2.24) is 0 Å². The first-order chi connectivity index (χ1) is 5.00. The molecule has 0 aromatic heterocycles. The van der Waals surface area contributed by atoms with E-state index in [1.807, 2.05) is 0 Å². The van der Waals surface area contributed by atoms with E-state index in [0.717, 1.165) is 26.4 Å². The zero-order valence-corrected chi connectivity index (χ0v) is 9.21. The van der Waals surface area contributed by atoms with Crippen LogP contribution in [-0.2, 0) is 9.47 Å². The molecule has 0 amide bonds. The fourth-order valence-corrected chi connectivity index (χ4v) is 1.02. The highest BCUT2D eigenvalue weighted by molar-refractivity contribution is 14.0. The second-order valence-corrected chi connectivity index (χ2v) is 2.64. The molecule has 2 rings (SSSR count). The van der Waals surface area contributed by atoms with Crippen molar-refractivity contribution >= 4 is 24.0 Å². The number of hydrogen-bond donors (Lipinski definition) is 0. The van der Waals surface area contributed by atoms with Gasteiger partial charge in [-0.05, 0) is 25.7 Å². The Morgan fingerprint density at radius 2 is 0.818 bits per heavy atom. The SMILES string of the molecule is C1CCOC1.C1CCOC1.I. The molecule has 0 radical (unpaired) electrons. The highest BCUT2D eigenvalue weighted by atomic mass is 127. The zero-order valence-electron chi connectivity index (χ0n) is 6.88. The van der Waals surface area contributed by atoms with E-state index < -0.39 is 0 Å². The normalized spacial score (nSPS) is 21.8. The molecule has 0 spiro atoms. The Morgan fingerprint density at radius 1 is 0.545 bits per heavy atom. The minimum absolute atomic E-state index is 0. The number of hydrogen-bond acceptors (Lipinski definition) is 2. The van der Waals surface area contributed by atoms with E-state index in [2.05, 4.69) is 0 Å². The third-order valence-corrected chi connectivity index (χ3v) is 1.65. The molecule has 68 valence electrons. The third-order valence-electron chi connectivity index (χ3n) is 1.65. The predicted octanol–water partition coefficient (Wildman–Crippen LogP) is 2.21. The van der Waals surface area contributed by atoms with Crippen LogP contribution >= 0.6 is 24.0 Å². The van der Waals surface area contributed by atoms with Crippen molar-refractivity contribution in [2.24, 2.45) is 0 Å². The predicted molar refractivity (Wildman–Crippen MR) is 55.5 cm³/mol. The topological polar surface area (TPSA) is 18.5 Å². The summed E-state index contributed by atoms with van der Waals surface area (Å²) in [7, 11) is 0. The summed E-state index contributed by atoms with van der Waals surface area (Å²) in [5.74, 6) is 0. The molecule has 0 aliphatic carbocycles. The first-order valence-electron chi connectivity index (χ1n) is 4.15. The van der Waals surface area contributed by atoms with Crippen LogP contribution in [0.1, 0.15) is 25.7 Å². The maximum atomic E-state index is 4.94. The molecule has 2 heterocycles. The van der Waals surface area contributed by atoms with E-state index in [-0.39, 0.29) is 24.0 Å². The minimum atomic E-state index is 0. The molecule has 2 aliphatic rings. The molecule has 0 aromatic carbocycles. The maximum Gasteiger partial charge on any atom is 0.0466 e. The van der Waals surface area contributed by atoms with E-state index in [0.29, 0.717) is 0 Å². The molecule has 2 fully saturated rings. The minimum Gasteiger partial charge on any atom is -0.381 e. The highest BCUT2D eigenvalue weighted by Gasteiger charge is 1.95. The van der Waals surface area contributed by atoms with E-state index in [9.17, 15) is 0 Å².